The van der Waals surface area contributed by atoms with Crippen LogP contribution in [0.3, 0.4) is 0 Å². The first-order chi connectivity index (χ1) is 11.1. The van der Waals surface area contributed by atoms with E-state index >= 15 is 0 Å². The summed E-state index contributed by atoms with van der Waals surface area (Å²) in [7, 11) is 0. The highest BCUT2D eigenvalue weighted by Crippen LogP contribution is 2.28. The second-order valence-corrected chi connectivity index (χ2v) is 6.13. The Bertz CT molecular complexity index is 736. The van der Waals surface area contributed by atoms with Crippen molar-refractivity contribution in [3.05, 3.63) is 42.5 Å². The van der Waals surface area contributed by atoms with Gasteiger partial charge in [0.1, 0.15) is 0 Å². The van der Waals surface area contributed by atoms with E-state index in [0.29, 0.717) is 18.5 Å². The predicted octanol–water partition coefficient (Wildman–Crippen LogP) is 2.20. The van der Waals surface area contributed by atoms with Crippen LogP contribution in [0.2, 0.25) is 0 Å². The number of amides is 2. The number of carbonyl (C=O) groups excluding carboxylic acids is 2. The highest BCUT2D eigenvalue weighted by molar-refractivity contribution is 6.39. The fraction of sp³-hybridized carbons (Fsp3) is 0.333. The third kappa shape index (κ3) is 3.68. The molecule has 0 spiro atoms. The number of nitrogens with one attached hydrogen (secondary N) is 2. The van der Waals surface area contributed by atoms with Crippen LogP contribution < -0.4 is 10.6 Å². The van der Waals surface area contributed by atoms with Crippen LogP contribution in [0.4, 0.5) is 5.69 Å². The Hall–Kier alpha value is -2.40. The lowest BCUT2D eigenvalue weighted by Gasteiger charge is -2.22. The maximum absolute atomic E-state index is 12.0. The number of rotatable bonds is 3. The summed E-state index contributed by atoms with van der Waals surface area (Å²) in [4.78, 5) is 23.8. The molecule has 0 atom stereocenters. The minimum atomic E-state index is -0.862. The molecular weight excluding hydrogens is 292 g/mol. The quantitative estimate of drug-likeness (QED) is 0.760. The highest BCUT2D eigenvalue weighted by Gasteiger charge is 2.32. The first-order valence-electron chi connectivity index (χ1n) is 7.86. The second kappa shape index (κ2) is 6.38. The lowest BCUT2D eigenvalue weighted by molar-refractivity contribution is -0.136. The van der Waals surface area contributed by atoms with Gasteiger partial charge in [0.05, 0.1) is 5.60 Å². The number of aliphatic hydroxyl groups is 1. The number of hydrogen-bond acceptors (Lipinski definition) is 3. The van der Waals surface area contributed by atoms with Gasteiger partial charge in [-0.25, -0.2) is 0 Å². The van der Waals surface area contributed by atoms with Crippen molar-refractivity contribution >= 4 is 28.3 Å². The molecule has 1 aliphatic rings. The van der Waals surface area contributed by atoms with E-state index in [4.69, 9.17) is 0 Å². The molecular formula is C18H20N2O3. The van der Waals surface area contributed by atoms with Crippen LogP contribution in [0.1, 0.15) is 25.7 Å². The zero-order valence-corrected chi connectivity index (χ0v) is 12.8. The molecule has 2 aromatic carbocycles. The molecule has 0 radical (unpaired) electrons. The van der Waals surface area contributed by atoms with Crippen molar-refractivity contribution in [2.75, 3.05) is 11.9 Å². The highest BCUT2D eigenvalue weighted by atomic mass is 16.3. The first kappa shape index (κ1) is 15.5. The van der Waals surface area contributed by atoms with Crippen molar-refractivity contribution in [1.29, 1.82) is 0 Å². The average molecular weight is 312 g/mol. The molecule has 0 aliphatic heterocycles. The van der Waals surface area contributed by atoms with E-state index in [1.165, 1.54) is 0 Å². The van der Waals surface area contributed by atoms with Gasteiger partial charge in [0, 0.05) is 12.2 Å². The molecule has 5 nitrogen and oxygen atoms in total. The monoisotopic (exact) mass is 312 g/mol. The SMILES string of the molecule is O=C(NCC1(O)CCCC1)C(=O)Nc1ccc2ccccc2c1. The molecule has 23 heavy (non-hydrogen) atoms. The topological polar surface area (TPSA) is 78.4 Å². The molecule has 1 fully saturated rings. The molecule has 3 rings (SSSR count). The van der Waals surface area contributed by atoms with E-state index in [-0.39, 0.29) is 6.54 Å². The minimum absolute atomic E-state index is 0.122. The summed E-state index contributed by atoms with van der Waals surface area (Å²) in [5.41, 5.74) is -0.290. The standard InChI is InChI=1S/C18H20N2O3/c21-16(19-12-18(23)9-3-4-10-18)17(22)20-15-8-7-13-5-1-2-6-14(13)11-15/h1-2,5-8,11,23H,3-4,9-10,12H2,(H,19,21)(H,20,22). The molecule has 120 valence electrons. The van der Waals surface area contributed by atoms with Gasteiger partial charge in [0.25, 0.3) is 0 Å². The van der Waals surface area contributed by atoms with E-state index in [0.717, 1.165) is 23.6 Å². The molecule has 1 aliphatic carbocycles. The smallest absolute Gasteiger partial charge is 0.313 e. The maximum Gasteiger partial charge on any atom is 0.313 e. The van der Waals surface area contributed by atoms with Gasteiger partial charge in [-0.05, 0) is 35.7 Å². The number of hydrogen-bond donors (Lipinski definition) is 3. The fourth-order valence-electron chi connectivity index (χ4n) is 2.99. The third-order valence-electron chi connectivity index (χ3n) is 4.33. The number of benzene rings is 2. The Morgan fingerprint density at radius 1 is 1.00 bits per heavy atom. The first-order valence-corrected chi connectivity index (χ1v) is 7.86. The zero-order chi connectivity index (χ0) is 16.3. The molecule has 0 bridgehead atoms. The molecule has 0 aromatic heterocycles. The van der Waals surface area contributed by atoms with Gasteiger partial charge in [-0.3, -0.25) is 9.59 Å². The van der Waals surface area contributed by atoms with Gasteiger partial charge in [-0.15, -0.1) is 0 Å². The van der Waals surface area contributed by atoms with Crippen molar-refractivity contribution in [3.63, 3.8) is 0 Å². The van der Waals surface area contributed by atoms with E-state index in [1.54, 1.807) is 6.07 Å². The number of carbonyl (C=O) groups is 2. The van der Waals surface area contributed by atoms with Crippen LogP contribution >= 0.6 is 0 Å². The van der Waals surface area contributed by atoms with Gasteiger partial charge >= 0.3 is 11.8 Å². The van der Waals surface area contributed by atoms with Crippen LogP contribution in [0.15, 0.2) is 42.5 Å². The van der Waals surface area contributed by atoms with Crippen LogP contribution in [-0.4, -0.2) is 29.1 Å². The van der Waals surface area contributed by atoms with Gasteiger partial charge < -0.3 is 15.7 Å². The maximum atomic E-state index is 12.0. The van der Waals surface area contributed by atoms with Gasteiger partial charge in [0.15, 0.2) is 0 Å². The van der Waals surface area contributed by atoms with E-state index in [9.17, 15) is 14.7 Å². The Labute approximate surface area is 134 Å². The summed E-state index contributed by atoms with van der Waals surface area (Å²) in [6, 6.07) is 13.3. The summed E-state index contributed by atoms with van der Waals surface area (Å²) in [6.07, 6.45) is 3.24. The average Bonchev–Trinajstić information content (AvgIpc) is 2.99. The second-order valence-electron chi connectivity index (χ2n) is 6.13. The number of anilines is 1. The largest absolute Gasteiger partial charge is 0.388 e. The van der Waals surface area contributed by atoms with Gasteiger partial charge in [-0.2, -0.15) is 0 Å². The summed E-state index contributed by atoms with van der Waals surface area (Å²) < 4.78 is 0. The molecule has 2 aromatic rings. The minimum Gasteiger partial charge on any atom is -0.388 e. The van der Waals surface area contributed by atoms with Crippen molar-refractivity contribution < 1.29 is 14.7 Å². The summed E-state index contributed by atoms with van der Waals surface area (Å²) in [5.74, 6) is -1.44. The Balaban J connectivity index is 1.59. The third-order valence-corrected chi connectivity index (χ3v) is 4.33. The molecule has 5 heteroatoms. The van der Waals surface area contributed by atoms with Crippen molar-refractivity contribution in [3.8, 4) is 0 Å². The molecule has 0 heterocycles. The lowest BCUT2D eigenvalue weighted by Crippen LogP contribution is -2.44. The Kier molecular flexibility index (Phi) is 4.30. The number of fused-ring (bicyclic) bond motifs is 1. The van der Waals surface area contributed by atoms with E-state index in [2.05, 4.69) is 10.6 Å². The molecule has 0 unspecified atom stereocenters. The predicted molar refractivity (Wildman–Crippen MR) is 89.0 cm³/mol. The Morgan fingerprint density at radius 2 is 1.70 bits per heavy atom. The van der Waals surface area contributed by atoms with E-state index in [1.807, 2.05) is 36.4 Å². The lowest BCUT2D eigenvalue weighted by atomic mass is 10.0. The van der Waals surface area contributed by atoms with Crippen LogP contribution in [0, 0.1) is 0 Å². The molecule has 1 saturated carbocycles. The Morgan fingerprint density at radius 3 is 2.43 bits per heavy atom. The van der Waals surface area contributed by atoms with Gasteiger partial charge in [-0.1, -0.05) is 43.2 Å². The fourth-order valence-corrected chi connectivity index (χ4v) is 2.99. The van der Waals surface area contributed by atoms with Crippen LogP contribution in [0.5, 0.6) is 0 Å². The van der Waals surface area contributed by atoms with Crippen molar-refractivity contribution in [2.45, 2.75) is 31.3 Å². The van der Waals surface area contributed by atoms with Crippen LogP contribution in [0.25, 0.3) is 10.8 Å². The normalized spacial score (nSPS) is 16.2. The van der Waals surface area contributed by atoms with Crippen molar-refractivity contribution in [1.82, 2.24) is 5.32 Å². The summed E-state index contributed by atoms with van der Waals surface area (Å²) in [5, 5.41) is 17.4. The summed E-state index contributed by atoms with van der Waals surface area (Å²) >= 11 is 0. The van der Waals surface area contributed by atoms with E-state index < -0.39 is 17.4 Å². The zero-order valence-electron chi connectivity index (χ0n) is 12.8. The van der Waals surface area contributed by atoms with Gasteiger partial charge in [0.2, 0.25) is 0 Å². The molecule has 0 saturated heterocycles. The molecule has 3 N–H and O–H groups in total. The van der Waals surface area contributed by atoms with Crippen LogP contribution in [-0.2, 0) is 9.59 Å². The summed E-state index contributed by atoms with van der Waals surface area (Å²) in [6.45, 7) is 0.122. The van der Waals surface area contributed by atoms with Crippen molar-refractivity contribution in [2.24, 2.45) is 0 Å². The molecule has 2 amide bonds.